The number of rotatable bonds is 10. The highest BCUT2D eigenvalue weighted by Crippen LogP contribution is 2.40. The number of hydrogen-bond acceptors (Lipinski definition) is 2. The van der Waals surface area contributed by atoms with Crippen molar-refractivity contribution in [2.45, 2.75) is 91.9 Å². The van der Waals surface area contributed by atoms with Gasteiger partial charge in [0, 0.05) is 5.92 Å². The lowest BCUT2D eigenvalue weighted by Gasteiger charge is -2.24. The Morgan fingerprint density at radius 3 is 1.46 bits per heavy atom. The van der Waals surface area contributed by atoms with Gasteiger partial charge in [-0.15, -0.1) is 0 Å². The molecule has 0 unspecified atom stereocenters. The third-order valence-corrected chi connectivity index (χ3v) is 6.04. The summed E-state index contributed by atoms with van der Waals surface area (Å²) in [6.45, 7) is 10.6. The molecule has 0 amide bonds. The molecule has 0 aliphatic rings. The Bertz CT molecular complexity index is 713. The minimum atomic E-state index is 0.197. The summed E-state index contributed by atoms with van der Waals surface area (Å²) in [7, 11) is 0. The van der Waals surface area contributed by atoms with E-state index in [-0.39, 0.29) is 5.92 Å². The average Bonchev–Trinajstić information content (AvgIpc) is 2.69. The van der Waals surface area contributed by atoms with Gasteiger partial charge >= 0.3 is 0 Å². The van der Waals surface area contributed by atoms with E-state index < -0.39 is 0 Å². The van der Waals surface area contributed by atoms with E-state index in [0.717, 1.165) is 73.6 Å². The zero-order chi connectivity index (χ0) is 20.7. The predicted octanol–water partition coefficient (Wildman–Crippen LogP) is 7.33. The van der Waals surface area contributed by atoms with Crippen molar-refractivity contribution >= 4 is 0 Å². The van der Waals surface area contributed by atoms with Crippen LogP contribution in [0.25, 0.3) is 0 Å². The van der Waals surface area contributed by atoms with Crippen LogP contribution >= 0.6 is 0 Å². The number of phenolic OH excluding ortho intramolecular Hbond substituents is 2. The van der Waals surface area contributed by atoms with Gasteiger partial charge in [-0.25, -0.2) is 0 Å². The zero-order valence-electron chi connectivity index (χ0n) is 18.4. The molecule has 2 nitrogen and oxygen atoms in total. The summed E-state index contributed by atoms with van der Waals surface area (Å²) >= 11 is 0. The first kappa shape index (κ1) is 22.3. The molecule has 0 heterocycles. The number of aryl methyl sites for hydroxylation is 2. The summed E-state index contributed by atoms with van der Waals surface area (Å²) in [6, 6.07) is 8.59. The lowest BCUT2D eigenvalue weighted by Crippen LogP contribution is -2.07. The average molecular weight is 383 g/mol. The van der Waals surface area contributed by atoms with Crippen molar-refractivity contribution in [2.24, 2.45) is 0 Å². The van der Waals surface area contributed by atoms with E-state index in [9.17, 15) is 10.2 Å². The second kappa shape index (κ2) is 10.5. The van der Waals surface area contributed by atoms with Crippen molar-refractivity contribution < 1.29 is 10.2 Å². The molecule has 0 bridgehead atoms. The van der Waals surface area contributed by atoms with Crippen LogP contribution in [0.3, 0.4) is 0 Å². The lowest BCUT2D eigenvalue weighted by molar-refractivity contribution is 0.459. The van der Waals surface area contributed by atoms with Crippen molar-refractivity contribution in [2.75, 3.05) is 0 Å². The Labute approximate surface area is 171 Å². The maximum absolute atomic E-state index is 10.8. The molecular weight excluding hydrogens is 344 g/mol. The minimum Gasteiger partial charge on any atom is -0.507 e. The van der Waals surface area contributed by atoms with Crippen molar-refractivity contribution in [1.82, 2.24) is 0 Å². The first-order valence-electron chi connectivity index (χ1n) is 11.1. The number of aromatic hydroxyl groups is 2. The van der Waals surface area contributed by atoms with Crippen LogP contribution < -0.4 is 0 Å². The normalized spacial score (nSPS) is 11.4. The van der Waals surface area contributed by atoms with Crippen molar-refractivity contribution in [3.05, 3.63) is 57.6 Å². The van der Waals surface area contributed by atoms with Crippen LogP contribution in [-0.2, 0) is 12.8 Å². The summed E-state index contributed by atoms with van der Waals surface area (Å²) < 4.78 is 0. The van der Waals surface area contributed by atoms with Gasteiger partial charge < -0.3 is 10.2 Å². The van der Waals surface area contributed by atoms with Crippen molar-refractivity contribution in [3.8, 4) is 11.5 Å². The lowest BCUT2D eigenvalue weighted by atomic mass is 9.81. The molecule has 0 radical (unpaired) electrons. The molecule has 0 spiro atoms. The summed E-state index contributed by atoms with van der Waals surface area (Å²) in [6.07, 6.45) is 8.35. The molecule has 2 aromatic carbocycles. The van der Waals surface area contributed by atoms with E-state index in [1.807, 2.05) is 13.8 Å². The van der Waals surface area contributed by atoms with Crippen LogP contribution in [0.15, 0.2) is 24.3 Å². The van der Waals surface area contributed by atoms with Gasteiger partial charge in [-0.1, -0.05) is 64.3 Å². The van der Waals surface area contributed by atoms with Crippen molar-refractivity contribution in [1.29, 1.82) is 0 Å². The van der Waals surface area contributed by atoms with E-state index in [0.29, 0.717) is 11.5 Å². The monoisotopic (exact) mass is 382 g/mol. The third-order valence-electron chi connectivity index (χ3n) is 6.04. The number of hydrogen-bond donors (Lipinski definition) is 2. The Morgan fingerprint density at radius 1 is 0.679 bits per heavy atom. The van der Waals surface area contributed by atoms with Crippen LogP contribution in [0.5, 0.6) is 11.5 Å². The molecule has 28 heavy (non-hydrogen) atoms. The van der Waals surface area contributed by atoms with Crippen LogP contribution in [0.2, 0.25) is 0 Å². The fourth-order valence-electron chi connectivity index (χ4n) is 4.20. The minimum absolute atomic E-state index is 0.197. The van der Waals surface area contributed by atoms with Gasteiger partial charge in [0.15, 0.2) is 0 Å². The summed E-state index contributed by atoms with van der Waals surface area (Å²) in [4.78, 5) is 0. The predicted molar refractivity (Wildman–Crippen MR) is 120 cm³/mol. The highest BCUT2D eigenvalue weighted by molar-refractivity contribution is 5.53. The number of benzene rings is 2. The fraction of sp³-hybridized carbons (Fsp3) is 0.538. The quantitative estimate of drug-likeness (QED) is 0.451. The Hall–Kier alpha value is -1.96. The molecule has 2 aromatic rings. The first-order valence-corrected chi connectivity index (χ1v) is 11.1. The van der Waals surface area contributed by atoms with E-state index in [1.165, 1.54) is 11.1 Å². The second-order valence-electron chi connectivity index (χ2n) is 8.12. The van der Waals surface area contributed by atoms with Crippen LogP contribution in [0.4, 0.5) is 0 Å². The third kappa shape index (κ3) is 4.90. The van der Waals surface area contributed by atoms with Crippen LogP contribution in [0.1, 0.15) is 98.6 Å². The molecule has 0 saturated carbocycles. The van der Waals surface area contributed by atoms with Crippen molar-refractivity contribution in [3.63, 3.8) is 0 Å². The van der Waals surface area contributed by atoms with Gasteiger partial charge in [-0.05, 0) is 79.3 Å². The second-order valence-corrected chi connectivity index (χ2v) is 8.12. The Morgan fingerprint density at radius 2 is 1.11 bits per heavy atom. The van der Waals surface area contributed by atoms with E-state index in [2.05, 4.69) is 45.0 Å². The molecule has 2 N–H and O–H groups in total. The zero-order valence-corrected chi connectivity index (χ0v) is 18.4. The first-order chi connectivity index (χ1) is 13.5. The topological polar surface area (TPSA) is 40.5 Å². The van der Waals surface area contributed by atoms with Gasteiger partial charge in [-0.3, -0.25) is 0 Å². The van der Waals surface area contributed by atoms with E-state index >= 15 is 0 Å². The summed E-state index contributed by atoms with van der Waals surface area (Å²) in [5.74, 6) is 1.10. The molecule has 0 atom stereocenters. The fourth-order valence-corrected chi connectivity index (χ4v) is 4.20. The Kier molecular flexibility index (Phi) is 8.41. The van der Waals surface area contributed by atoms with Crippen LogP contribution in [-0.4, -0.2) is 10.2 Å². The number of unbranched alkanes of at least 4 members (excludes halogenated alkanes) is 2. The molecule has 0 fully saturated rings. The van der Waals surface area contributed by atoms with Gasteiger partial charge in [-0.2, -0.15) is 0 Å². The smallest absolute Gasteiger partial charge is 0.121 e. The van der Waals surface area contributed by atoms with Gasteiger partial charge in [0.1, 0.15) is 11.5 Å². The molecule has 2 rings (SSSR count). The molecule has 2 heteroatoms. The van der Waals surface area contributed by atoms with Gasteiger partial charge in [0.25, 0.3) is 0 Å². The standard InChI is InChI=1S/C26H38O2/c1-6-9-12-20-14-16-22(18(4)25(20)27)24(11-8-3)23-17-15-21(13-10-7-2)26(28)19(23)5/h14-17,24,27-28H,6-13H2,1-5H3. The SMILES string of the molecule is CCCCc1ccc(C(CCC)c2ccc(CCCC)c(O)c2C)c(C)c1O. The van der Waals surface area contributed by atoms with Crippen LogP contribution in [0, 0.1) is 13.8 Å². The Balaban J connectivity index is 2.46. The number of phenols is 2. The van der Waals surface area contributed by atoms with E-state index in [1.54, 1.807) is 0 Å². The van der Waals surface area contributed by atoms with Gasteiger partial charge in [0.2, 0.25) is 0 Å². The maximum Gasteiger partial charge on any atom is 0.121 e. The molecule has 0 aromatic heterocycles. The van der Waals surface area contributed by atoms with E-state index in [4.69, 9.17) is 0 Å². The summed E-state index contributed by atoms with van der Waals surface area (Å²) in [5, 5.41) is 21.6. The molecule has 0 saturated heterocycles. The molecule has 0 aliphatic carbocycles. The highest BCUT2D eigenvalue weighted by atomic mass is 16.3. The maximum atomic E-state index is 10.8. The molecular formula is C26H38O2. The summed E-state index contributed by atoms with van der Waals surface area (Å²) in [5.41, 5.74) is 6.44. The van der Waals surface area contributed by atoms with Gasteiger partial charge in [0.05, 0.1) is 0 Å². The highest BCUT2D eigenvalue weighted by Gasteiger charge is 2.22. The molecule has 0 aliphatic heterocycles. The molecule has 154 valence electrons. The largest absolute Gasteiger partial charge is 0.507 e.